The predicted octanol–water partition coefficient (Wildman–Crippen LogP) is 4.10. The van der Waals surface area contributed by atoms with Crippen molar-refractivity contribution >= 4 is 15.9 Å². The van der Waals surface area contributed by atoms with Crippen molar-refractivity contribution in [3.63, 3.8) is 0 Å². The van der Waals surface area contributed by atoms with E-state index in [1.807, 2.05) is 31.2 Å². The molecular weight excluding hydrogens is 412 g/mol. The molecule has 0 unspecified atom stereocenters. The van der Waals surface area contributed by atoms with Crippen molar-refractivity contribution in [3.8, 4) is 5.75 Å². The van der Waals surface area contributed by atoms with E-state index >= 15 is 0 Å². The second-order valence-corrected chi connectivity index (χ2v) is 10.2. The first-order chi connectivity index (χ1) is 14.8. The van der Waals surface area contributed by atoms with Crippen LogP contribution < -0.4 is 4.74 Å². The highest BCUT2D eigenvalue weighted by Gasteiger charge is 2.29. The fourth-order valence-electron chi connectivity index (χ4n) is 3.85. The number of sulfonamides is 1. The van der Waals surface area contributed by atoms with Crippen LogP contribution in [0.3, 0.4) is 0 Å². The van der Waals surface area contributed by atoms with Gasteiger partial charge in [0.15, 0.2) is 0 Å². The van der Waals surface area contributed by atoms with E-state index in [1.54, 1.807) is 37.2 Å². The number of rotatable bonds is 8. The minimum Gasteiger partial charge on any atom is -0.492 e. The van der Waals surface area contributed by atoms with E-state index in [0.717, 1.165) is 43.4 Å². The summed E-state index contributed by atoms with van der Waals surface area (Å²) in [7, 11) is -0.301. The maximum atomic E-state index is 13.1. The molecule has 1 fully saturated rings. The fourth-order valence-corrected chi connectivity index (χ4v) is 5.32. The molecule has 0 saturated heterocycles. The van der Waals surface area contributed by atoms with Crippen molar-refractivity contribution in [1.82, 2.24) is 9.21 Å². The molecule has 0 spiro atoms. The van der Waals surface area contributed by atoms with Crippen molar-refractivity contribution < 1.29 is 17.9 Å². The van der Waals surface area contributed by atoms with Gasteiger partial charge in [0.25, 0.3) is 5.91 Å². The molecule has 0 atom stereocenters. The normalized spacial score (nSPS) is 15.1. The van der Waals surface area contributed by atoms with Crippen molar-refractivity contribution in [2.75, 3.05) is 27.2 Å². The molecule has 6 nitrogen and oxygen atoms in total. The highest BCUT2D eigenvalue weighted by Crippen LogP contribution is 2.27. The standard InChI is InChI=1S/C24H32N2O4S/c1-19-12-14-22(15-13-19)30-17-16-25(2)24(27)20-8-7-11-23(18-20)31(28,29)26(3)21-9-5-4-6-10-21/h7-8,11-15,18,21H,4-6,9-10,16-17H2,1-3H3. The fraction of sp³-hybridized carbons (Fsp3) is 0.458. The van der Waals surface area contributed by atoms with E-state index in [4.69, 9.17) is 4.74 Å². The van der Waals surface area contributed by atoms with E-state index in [-0.39, 0.29) is 16.8 Å². The summed E-state index contributed by atoms with van der Waals surface area (Å²) in [5, 5.41) is 0. The van der Waals surface area contributed by atoms with Crippen molar-refractivity contribution in [3.05, 3.63) is 59.7 Å². The molecule has 0 N–H and O–H groups in total. The Morgan fingerprint density at radius 3 is 2.39 bits per heavy atom. The van der Waals surface area contributed by atoms with Crippen molar-refractivity contribution in [2.24, 2.45) is 0 Å². The summed E-state index contributed by atoms with van der Waals surface area (Å²) in [5.41, 5.74) is 1.51. The third-order valence-corrected chi connectivity index (χ3v) is 7.82. The van der Waals surface area contributed by atoms with Crippen LogP contribution in [-0.2, 0) is 10.0 Å². The minimum absolute atomic E-state index is 0.0275. The largest absolute Gasteiger partial charge is 0.492 e. The summed E-state index contributed by atoms with van der Waals surface area (Å²) in [6, 6.07) is 14.1. The molecule has 2 aromatic carbocycles. The van der Waals surface area contributed by atoms with E-state index in [0.29, 0.717) is 18.7 Å². The van der Waals surface area contributed by atoms with Gasteiger partial charge in [0.2, 0.25) is 10.0 Å². The minimum atomic E-state index is -3.64. The zero-order chi connectivity index (χ0) is 22.4. The first-order valence-corrected chi connectivity index (χ1v) is 12.3. The Kier molecular flexibility index (Phi) is 7.73. The third kappa shape index (κ3) is 5.86. The first kappa shape index (κ1) is 23.3. The quantitative estimate of drug-likeness (QED) is 0.615. The highest BCUT2D eigenvalue weighted by molar-refractivity contribution is 7.89. The monoisotopic (exact) mass is 444 g/mol. The Hall–Kier alpha value is -2.38. The molecule has 1 saturated carbocycles. The van der Waals surface area contributed by atoms with Crippen LogP contribution in [0, 0.1) is 6.92 Å². The SMILES string of the molecule is Cc1ccc(OCCN(C)C(=O)c2cccc(S(=O)(=O)N(C)C3CCCCC3)c2)cc1. The van der Waals surface area contributed by atoms with Gasteiger partial charge in [-0.2, -0.15) is 4.31 Å². The molecule has 1 aliphatic rings. The topological polar surface area (TPSA) is 66.9 Å². The van der Waals surface area contributed by atoms with Gasteiger partial charge in [-0.15, -0.1) is 0 Å². The highest BCUT2D eigenvalue weighted by atomic mass is 32.2. The number of carbonyl (C=O) groups excluding carboxylic acids is 1. The number of hydrogen-bond acceptors (Lipinski definition) is 4. The van der Waals surface area contributed by atoms with Crippen LogP contribution in [-0.4, -0.2) is 56.8 Å². The third-order valence-electron chi connectivity index (χ3n) is 5.91. The van der Waals surface area contributed by atoms with Crippen LogP contribution in [0.4, 0.5) is 0 Å². The van der Waals surface area contributed by atoms with Crippen LogP contribution >= 0.6 is 0 Å². The first-order valence-electron chi connectivity index (χ1n) is 10.8. The van der Waals surface area contributed by atoms with Crippen LogP contribution in [0.5, 0.6) is 5.75 Å². The lowest BCUT2D eigenvalue weighted by molar-refractivity contribution is 0.0773. The number of nitrogens with zero attached hydrogens (tertiary/aromatic N) is 2. The molecule has 0 heterocycles. The van der Waals surface area contributed by atoms with E-state index in [1.165, 1.54) is 10.4 Å². The lowest BCUT2D eigenvalue weighted by Crippen LogP contribution is -2.38. The van der Waals surface area contributed by atoms with Crippen LogP contribution in [0.1, 0.15) is 48.0 Å². The molecule has 0 radical (unpaired) electrons. The average molecular weight is 445 g/mol. The molecule has 0 bridgehead atoms. The number of ether oxygens (including phenoxy) is 1. The van der Waals surface area contributed by atoms with Crippen LogP contribution in [0.15, 0.2) is 53.4 Å². The molecule has 31 heavy (non-hydrogen) atoms. The summed E-state index contributed by atoms with van der Waals surface area (Å²) in [6.45, 7) is 2.76. The molecule has 7 heteroatoms. The molecule has 2 aromatic rings. The number of carbonyl (C=O) groups is 1. The number of aryl methyl sites for hydroxylation is 1. The van der Waals surface area contributed by atoms with Gasteiger partial charge in [-0.05, 0) is 50.1 Å². The Labute approximate surface area is 185 Å². The Morgan fingerprint density at radius 2 is 1.71 bits per heavy atom. The summed E-state index contributed by atoms with van der Waals surface area (Å²) in [5.74, 6) is 0.523. The van der Waals surface area contributed by atoms with Crippen molar-refractivity contribution in [2.45, 2.75) is 50.0 Å². The van der Waals surface area contributed by atoms with Gasteiger partial charge in [-0.25, -0.2) is 8.42 Å². The molecular formula is C24H32N2O4S. The molecule has 168 valence electrons. The smallest absolute Gasteiger partial charge is 0.253 e. The zero-order valence-electron chi connectivity index (χ0n) is 18.6. The maximum Gasteiger partial charge on any atom is 0.253 e. The van der Waals surface area contributed by atoms with Gasteiger partial charge in [-0.3, -0.25) is 4.79 Å². The second-order valence-electron chi connectivity index (χ2n) is 8.23. The number of amides is 1. The number of likely N-dealkylation sites (N-methyl/N-ethyl adjacent to an activating group) is 1. The van der Waals surface area contributed by atoms with E-state index in [9.17, 15) is 13.2 Å². The Bertz CT molecular complexity index is 983. The summed E-state index contributed by atoms with van der Waals surface area (Å²) >= 11 is 0. The Balaban J connectivity index is 1.63. The molecule has 1 amide bonds. The van der Waals surface area contributed by atoms with Gasteiger partial charge in [0.05, 0.1) is 11.4 Å². The second kappa shape index (κ2) is 10.3. The van der Waals surface area contributed by atoms with E-state index in [2.05, 4.69) is 0 Å². The zero-order valence-corrected chi connectivity index (χ0v) is 19.4. The van der Waals surface area contributed by atoms with Gasteiger partial charge < -0.3 is 9.64 Å². The molecule has 0 aromatic heterocycles. The summed E-state index contributed by atoms with van der Waals surface area (Å²) in [6.07, 6.45) is 5.04. The molecule has 3 rings (SSSR count). The van der Waals surface area contributed by atoms with Crippen LogP contribution in [0.2, 0.25) is 0 Å². The molecule has 0 aliphatic heterocycles. The van der Waals surface area contributed by atoms with Crippen molar-refractivity contribution in [1.29, 1.82) is 0 Å². The number of hydrogen-bond donors (Lipinski definition) is 0. The average Bonchev–Trinajstić information content (AvgIpc) is 2.80. The van der Waals surface area contributed by atoms with Gasteiger partial charge in [0, 0.05) is 25.7 Å². The summed E-state index contributed by atoms with van der Waals surface area (Å²) < 4.78 is 33.4. The van der Waals surface area contributed by atoms with Gasteiger partial charge >= 0.3 is 0 Å². The van der Waals surface area contributed by atoms with Gasteiger partial charge in [-0.1, -0.05) is 43.0 Å². The van der Waals surface area contributed by atoms with E-state index < -0.39 is 10.0 Å². The summed E-state index contributed by atoms with van der Waals surface area (Å²) in [4.78, 5) is 14.6. The Morgan fingerprint density at radius 1 is 1.03 bits per heavy atom. The van der Waals surface area contributed by atoms with Crippen LogP contribution in [0.25, 0.3) is 0 Å². The number of benzene rings is 2. The lowest BCUT2D eigenvalue weighted by Gasteiger charge is -2.30. The maximum absolute atomic E-state index is 13.1. The molecule has 1 aliphatic carbocycles. The van der Waals surface area contributed by atoms with Gasteiger partial charge in [0.1, 0.15) is 12.4 Å². The lowest BCUT2D eigenvalue weighted by atomic mass is 9.96. The predicted molar refractivity (Wildman–Crippen MR) is 122 cm³/mol.